The normalized spacial score (nSPS) is 15.1. The van der Waals surface area contributed by atoms with E-state index in [1.807, 2.05) is 22.6 Å². The molecule has 0 radical (unpaired) electrons. The van der Waals surface area contributed by atoms with Gasteiger partial charge in [0.2, 0.25) is 0 Å². The van der Waals surface area contributed by atoms with Gasteiger partial charge in [-0.2, -0.15) is 0 Å². The van der Waals surface area contributed by atoms with Crippen molar-refractivity contribution in [2.75, 3.05) is 18.6 Å². The first-order chi connectivity index (χ1) is 14.4. The zero-order valence-electron chi connectivity index (χ0n) is 15.6. The summed E-state index contributed by atoms with van der Waals surface area (Å²) in [6.07, 6.45) is 6.61. The van der Waals surface area contributed by atoms with Crippen molar-refractivity contribution in [2.45, 2.75) is 0 Å². The van der Waals surface area contributed by atoms with Crippen LogP contribution in [0.3, 0.4) is 0 Å². The number of para-hydroxylation sites is 1. The molecule has 1 N–H and O–H groups in total. The molecule has 0 atom stereocenters. The Bertz CT molecular complexity index is 1130. The fourth-order valence-electron chi connectivity index (χ4n) is 2.75. The number of carbonyl (C=O) groups excluding carboxylic acids is 2. The second-order valence-electron chi connectivity index (χ2n) is 5.94. The SMILES string of the molecule is C#CCOc1c(I)cc(/C=C2\C(=O)NC(=S)N(c3ccccc3F)C2=O)cc1OC. The third-order valence-electron chi connectivity index (χ3n) is 4.06. The van der Waals surface area contributed by atoms with E-state index in [1.54, 1.807) is 18.2 Å². The molecule has 9 heteroatoms. The Labute approximate surface area is 191 Å². The summed E-state index contributed by atoms with van der Waals surface area (Å²) in [5.74, 6) is 1.15. The predicted octanol–water partition coefficient (Wildman–Crippen LogP) is 3.28. The van der Waals surface area contributed by atoms with Gasteiger partial charge in [-0.25, -0.2) is 9.29 Å². The van der Waals surface area contributed by atoms with Gasteiger partial charge in [0.25, 0.3) is 11.8 Å². The number of amides is 2. The van der Waals surface area contributed by atoms with Crippen LogP contribution in [0, 0.1) is 21.7 Å². The molecule has 1 aliphatic heterocycles. The number of rotatable bonds is 5. The number of benzene rings is 2. The summed E-state index contributed by atoms with van der Waals surface area (Å²) < 4.78 is 25.7. The van der Waals surface area contributed by atoms with Gasteiger partial charge in [0.15, 0.2) is 16.6 Å². The molecule has 2 aromatic carbocycles. The van der Waals surface area contributed by atoms with Crippen LogP contribution in [-0.4, -0.2) is 30.6 Å². The van der Waals surface area contributed by atoms with Gasteiger partial charge >= 0.3 is 0 Å². The van der Waals surface area contributed by atoms with Crippen molar-refractivity contribution in [3.05, 3.63) is 56.9 Å². The van der Waals surface area contributed by atoms with E-state index in [9.17, 15) is 14.0 Å². The number of nitrogens with zero attached hydrogens (tertiary/aromatic N) is 1. The third-order valence-corrected chi connectivity index (χ3v) is 5.14. The molecule has 0 aromatic heterocycles. The Morgan fingerprint density at radius 1 is 1.33 bits per heavy atom. The molecule has 6 nitrogen and oxygen atoms in total. The van der Waals surface area contributed by atoms with Crippen LogP contribution in [0.25, 0.3) is 6.08 Å². The van der Waals surface area contributed by atoms with E-state index < -0.39 is 17.6 Å². The minimum atomic E-state index is -0.740. The zero-order valence-corrected chi connectivity index (χ0v) is 18.5. The highest BCUT2D eigenvalue weighted by atomic mass is 127. The maximum atomic E-state index is 14.2. The second kappa shape index (κ2) is 9.23. The van der Waals surface area contributed by atoms with Gasteiger partial charge in [-0.1, -0.05) is 18.1 Å². The van der Waals surface area contributed by atoms with E-state index in [-0.39, 0.29) is 23.0 Å². The average Bonchev–Trinajstić information content (AvgIpc) is 2.71. The molecule has 0 unspecified atom stereocenters. The van der Waals surface area contributed by atoms with Crippen LogP contribution in [0.15, 0.2) is 42.0 Å². The Morgan fingerprint density at radius 2 is 2.07 bits per heavy atom. The topological polar surface area (TPSA) is 67.9 Å². The number of thiocarbonyl (C=S) groups is 1. The lowest BCUT2D eigenvalue weighted by Gasteiger charge is -2.29. The van der Waals surface area contributed by atoms with E-state index in [0.717, 1.165) is 4.90 Å². The van der Waals surface area contributed by atoms with Gasteiger partial charge in [-0.15, -0.1) is 6.42 Å². The maximum absolute atomic E-state index is 14.2. The Morgan fingerprint density at radius 3 is 2.73 bits per heavy atom. The minimum Gasteiger partial charge on any atom is -0.493 e. The van der Waals surface area contributed by atoms with Gasteiger partial charge in [0.1, 0.15) is 18.0 Å². The Balaban J connectivity index is 2.04. The van der Waals surface area contributed by atoms with E-state index in [4.69, 9.17) is 28.1 Å². The standard InChI is InChI=1S/C21H14FIN2O4S/c1-3-8-29-18-15(23)10-12(11-17(18)28-2)9-13-19(26)24-21(30)25(20(13)27)16-7-5-4-6-14(16)22/h1,4-7,9-11H,8H2,2H3,(H,24,26,30)/b13-9+. The molecule has 0 bridgehead atoms. The molecule has 152 valence electrons. The number of methoxy groups -OCH3 is 1. The van der Waals surface area contributed by atoms with Crippen molar-refractivity contribution in [2.24, 2.45) is 0 Å². The molecule has 0 aliphatic carbocycles. The lowest BCUT2D eigenvalue weighted by molar-refractivity contribution is -0.122. The van der Waals surface area contributed by atoms with Crippen LogP contribution < -0.4 is 19.7 Å². The number of halogens is 2. The predicted molar refractivity (Wildman–Crippen MR) is 123 cm³/mol. The molecule has 0 spiro atoms. The highest BCUT2D eigenvalue weighted by Gasteiger charge is 2.35. The van der Waals surface area contributed by atoms with Crippen LogP contribution in [0.2, 0.25) is 0 Å². The summed E-state index contributed by atoms with van der Waals surface area (Å²) in [5.41, 5.74) is 0.245. The lowest BCUT2D eigenvalue weighted by atomic mass is 10.1. The van der Waals surface area contributed by atoms with Crippen LogP contribution in [-0.2, 0) is 9.59 Å². The van der Waals surface area contributed by atoms with E-state index in [1.165, 1.54) is 31.4 Å². The first-order valence-corrected chi connectivity index (χ1v) is 9.95. The number of ether oxygens (including phenoxy) is 2. The average molecular weight is 536 g/mol. The van der Waals surface area contributed by atoms with Crippen LogP contribution >= 0.6 is 34.8 Å². The number of nitrogens with one attached hydrogen (secondary N) is 1. The summed E-state index contributed by atoms with van der Waals surface area (Å²) in [4.78, 5) is 26.4. The highest BCUT2D eigenvalue weighted by molar-refractivity contribution is 14.1. The number of hydrogen-bond acceptors (Lipinski definition) is 5. The molecule has 1 heterocycles. The maximum Gasteiger partial charge on any atom is 0.270 e. The zero-order chi connectivity index (χ0) is 21.8. The summed E-state index contributed by atoms with van der Waals surface area (Å²) >= 11 is 7.12. The van der Waals surface area contributed by atoms with Crippen molar-refractivity contribution < 1.29 is 23.5 Å². The lowest BCUT2D eigenvalue weighted by Crippen LogP contribution is -2.54. The first kappa shape index (κ1) is 21.7. The van der Waals surface area contributed by atoms with Gasteiger partial charge < -0.3 is 9.47 Å². The van der Waals surface area contributed by atoms with Crippen LogP contribution in [0.5, 0.6) is 11.5 Å². The number of terminal acetylenes is 1. The fraction of sp³-hybridized carbons (Fsp3) is 0.0952. The van der Waals surface area contributed by atoms with Crippen molar-refractivity contribution in [3.63, 3.8) is 0 Å². The van der Waals surface area contributed by atoms with E-state index in [0.29, 0.717) is 20.6 Å². The summed E-state index contributed by atoms with van der Waals surface area (Å²) in [6.45, 7) is 0.0583. The third kappa shape index (κ3) is 4.29. The molecule has 3 rings (SSSR count). The van der Waals surface area contributed by atoms with Crippen LogP contribution in [0.1, 0.15) is 5.56 Å². The van der Waals surface area contributed by atoms with Crippen molar-refractivity contribution in [1.29, 1.82) is 0 Å². The molecule has 1 saturated heterocycles. The number of carbonyl (C=O) groups is 2. The van der Waals surface area contributed by atoms with Gasteiger partial charge in [0.05, 0.1) is 16.4 Å². The van der Waals surface area contributed by atoms with Gasteiger partial charge in [-0.05, 0) is 70.7 Å². The minimum absolute atomic E-state index is 0.0522. The molecule has 30 heavy (non-hydrogen) atoms. The largest absolute Gasteiger partial charge is 0.493 e. The monoisotopic (exact) mass is 536 g/mol. The van der Waals surface area contributed by atoms with Gasteiger partial charge in [-0.3, -0.25) is 14.9 Å². The van der Waals surface area contributed by atoms with E-state index >= 15 is 0 Å². The first-order valence-electron chi connectivity index (χ1n) is 8.47. The van der Waals surface area contributed by atoms with Crippen molar-refractivity contribution in [3.8, 4) is 23.8 Å². The molecule has 1 fully saturated rings. The molecular formula is C21H14FIN2O4S. The molecule has 2 aromatic rings. The molecule has 2 amide bonds. The smallest absolute Gasteiger partial charge is 0.270 e. The van der Waals surface area contributed by atoms with Crippen LogP contribution in [0.4, 0.5) is 10.1 Å². The highest BCUT2D eigenvalue weighted by Crippen LogP contribution is 2.35. The fourth-order valence-corrected chi connectivity index (χ4v) is 3.81. The summed E-state index contributed by atoms with van der Waals surface area (Å²) in [5, 5.41) is 2.22. The van der Waals surface area contributed by atoms with Crippen molar-refractivity contribution in [1.82, 2.24) is 5.32 Å². The Kier molecular flexibility index (Phi) is 6.69. The van der Waals surface area contributed by atoms with E-state index in [2.05, 4.69) is 11.2 Å². The summed E-state index contributed by atoms with van der Waals surface area (Å²) in [7, 11) is 1.46. The van der Waals surface area contributed by atoms with Gasteiger partial charge in [0, 0.05) is 0 Å². The Hall–Kier alpha value is -2.97. The summed E-state index contributed by atoms with van der Waals surface area (Å²) in [6, 6.07) is 8.95. The number of anilines is 1. The number of hydrogen-bond donors (Lipinski definition) is 1. The molecular weight excluding hydrogens is 522 g/mol. The van der Waals surface area contributed by atoms with Crippen molar-refractivity contribution >= 4 is 63.5 Å². The quantitative estimate of drug-likeness (QED) is 0.209. The molecule has 0 saturated carbocycles. The second-order valence-corrected chi connectivity index (χ2v) is 7.49. The molecule has 1 aliphatic rings.